The molecule has 4 N–H and O–H groups in total. The summed E-state index contributed by atoms with van der Waals surface area (Å²) in [6.45, 7) is 8.94. The predicted molar refractivity (Wildman–Crippen MR) is 239 cm³/mol. The Morgan fingerprint density at radius 2 is 1.22 bits per heavy atom. The van der Waals surface area contributed by atoms with Crippen LogP contribution in [0, 0.1) is 11.8 Å². The zero-order chi connectivity index (χ0) is 45.1. The average Bonchev–Trinajstić information content (AvgIpc) is 4.14. The number of amides is 4. The Labute approximate surface area is 370 Å². The van der Waals surface area contributed by atoms with Crippen molar-refractivity contribution in [2.24, 2.45) is 11.8 Å². The number of aromatic amines is 2. The number of alkyl carbamates (subject to hydrolysis) is 2. The highest BCUT2D eigenvalue weighted by molar-refractivity contribution is 5.88. The molecule has 2 saturated heterocycles. The van der Waals surface area contributed by atoms with Crippen molar-refractivity contribution in [1.82, 2.24) is 50.3 Å². The Balaban J connectivity index is 1.07. The number of likely N-dealkylation sites (tertiary alicyclic amines) is 2. The molecule has 6 aromatic rings. The average molecular weight is 871 g/mol. The fourth-order valence-electron chi connectivity index (χ4n) is 8.61. The van der Waals surface area contributed by atoms with Crippen LogP contribution < -0.4 is 15.4 Å². The van der Waals surface area contributed by atoms with Gasteiger partial charge in [-0.15, -0.1) is 0 Å². The minimum Gasteiger partial charge on any atom is -0.472 e. The van der Waals surface area contributed by atoms with Crippen molar-refractivity contribution in [1.29, 1.82) is 0 Å². The van der Waals surface area contributed by atoms with Crippen LogP contribution in [-0.2, 0) is 25.7 Å². The molecule has 3 aromatic carbocycles. The fraction of sp³-hybridized carbons (Fsp3) is 0.404. The zero-order valence-electron chi connectivity index (χ0n) is 36.9. The molecular formula is C47H54N10O7. The monoisotopic (exact) mass is 870 g/mol. The van der Waals surface area contributed by atoms with E-state index in [-0.39, 0.29) is 42.3 Å². The molecule has 2 aliphatic rings. The number of ether oxygens (including phenoxy) is 3. The van der Waals surface area contributed by atoms with Crippen LogP contribution in [0.3, 0.4) is 0 Å². The second kappa shape index (κ2) is 18.7. The van der Waals surface area contributed by atoms with Crippen molar-refractivity contribution < 1.29 is 33.4 Å². The standard InChI is InChI=1S/C47H54N10O7/c1-26(2)38(53-46(60)62-5)44(58)56-20-10-14-36(56)41-49-32-18-16-29(22-34(32)51-41)31-24-48-40(55-43(31)64-25-28-12-8-7-9-13-28)30-17-19-33-35(23-30)52-42(50-33)37-15-11-21-57(37)45(59)39(27(3)4)54-47(61)63-6/h7-9,12-13,16-19,22-24,26-27,36-39H,10-11,14-15,20-21,25H2,1-6H3,(H,49,51)(H,50,52)(H,53,60)(H,54,61)/t36-,37-,38-,39-/m0/s1. The first kappa shape index (κ1) is 43.6. The molecule has 4 atom stereocenters. The Kier molecular flexibility index (Phi) is 12.8. The first-order valence-corrected chi connectivity index (χ1v) is 21.8. The molecule has 0 bridgehead atoms. The lowest BCUT2D eigenvalue weighted by Gasteiger charge is -2.29. The van der Waals surface area contributed by atoms with E-state index in [4.69, 9.17) is 34.1 Å². The summed E-state index contributed by atoms with van der Waals surface area (Å²) in [4.78, 5) is 81.9. The summed E-state index contributed by atoms with van der Waals surface area (Å²) in [5, 5.41) is 5.41. The van der Waals surface area contributed by atoms with Gasteiger partial charge in [0.15, 0.2) is 5.82 Å². The molecule has 64 heavy (non-hydrogen) atoms. The number of methoxy groups -OCH3 is 2. The summed E-state index contributed by atoms with van der Waals surface area (Å²) in [6.07, 6.45) is 3.54. The summed E-state index contributed by atoms with van der Waals surface area (Å²) in [5.41, 5.74) is 6.23. The minimum atomic E-state index is -0.734. The molecule has 0 radical (unpaired) electrons. The van der Waals surface area contributed by atoms with Gasteiger partial charge in [-0.1, -0.05) is 64.1 Å². The highest BCUT2D eigenvalue weighted by atomic mass is 16.5. The maximum absolute atomic E-state index is 13.8. The van der Waals surface area contributed by atoms with E-state index >= 15 is 0 Å². The number of aromatic nitrogens is 6. The zero-order valence-corrected chi connectivity index (χ0v) is 36.9. The van der Waals surface area contributed by atoms with Crippen LogP contribution in [0.15, 0.2) is 72.9 Å². The first-order chi connectivity index (χ1) is 30.9. The lowest BCUT2D eigenvalue weighted by atomic mass is 10.0. The van der Waals surface area contributed by atoms with Crippen LogP contribution in [0.5, 0.6) is 5.88 Å². The van der Waals surface area contributed by atoms with Crippen LogP contribution in [0.2, 0.25) is 0 Å². The molecule has 5 heterocycles. The number of carbonyl (C=O) groups excluding carboxylic acids is 4. The summed E-state index contributed by atoms with van der Waals surface area (Å²) in [6, 6.07) is 19.5. The van der Waals surface area contributed by atoms with Gasteiger partial charge in [-0.05, 0) is 79.0 Å². The molecule has 0 aliphatic carbocycles. The smallest absolute Gasteiger partial charge is 0.407 e. The summed E-state index contributed by atoms with van der Waals surface area (Å²) in [5.74, 6) is 1.55. The topological polar surface area (TPSA) is 210 Å². The van der Waals surface area contributed by atoms with E-state index < -0.39 is 24.3 Å². The lowest BCUT2D eigenvalue weighted by molar-refractivity contribution is -0.136. The first-order valence-electron chi connectivity index (χ1n) is 21.8. The van der Waals surface area contributed by atoms with Crippen molar-refractivity contribution >= 4 is 46.1 Å². The molecule has 2 fully saturated rings. The van der Waals surface area contributed by atoms with Gasteiger partial charge in [-0.2, -0.15) is 4.98 Å². The molecule has 0 spiro atoms. The largest absolute Gasteiger partial charge is 0.472 e. The number of hydrogen-bond donors (Lipinski definition) is 4. The van der Waals surface area contributed by atoms with Crippen molar-refractivity contribution in [3.63, 3.8) is 0 Å². The van der Waals surface area contributed by atoms with Crippen LogP contribution >= 0.6 is 0 Å². The Morgan fingerprint density at radius 1 is 0.703 bits per heavy atom. The van der Waals surface area contributed by atoms with Gasteiger partial charge in [0.05, 0.1) is 53.9 Å². The molecule has 8 rings (SSSR count). The molecule has 2 aliphatic heterocycles. The predicted octanol–water partition coefficient (Wildman–Crippen LogP) is 7.23. The van der Waals surface area contributed by atoms with E-state index in [2.05, 4.69) is 20.6 Å². The third-order valence-electron chi connectivity index (χ3n) is 12.0. The highest BCUT2D eigenvalue weighted by Gasteiger charge is 2.39. The van der Waals surface area contributed by atoms with Crippen molar-refractivity contribution in [3.8, 4) is 28.4 Å². The van der Waals surface area contributed by atoms with Gasteiger partial charge in [0.25, 0.3) is 0 Å². The lowest BCUT2D eigenvalue weighted by Crippen LogP contribution is -2.51. The van der Waals surface area contributed by atoms with Gasteiger partial charge in [-0.25, -0.2) is 24.5 Å². The fourth-order valence-corrected chi connectivity index (χ4v) is 8.61. The van der Waals surface area contributed by atoms with Crippen LogP contribution in [0.4, 0.5) is 9.59 Å². The van der Waals surface area contributed by atoms with Gasteiger partial charge >= 0.3 is 12.2 Å². The SMILES string of the molecule is COC(=O)N[C@H](C(=O)N1CCC[C@H]1c1nc2ccc(-c3ncc(-c4ccc5nc([C@@H]6CCCN6C(=O)[C@@H](NC(=O)OC)C(C)C)[nH]c5c4)c(OCc4ccccc4)n3)cc2[nH]1)C(C)C. The van der Waals surface area contributed by atoms with E-state index in [1.165, 1.54) is 14.2 Å². The normalized spacial score (nSPS) is 17.2. The molecule has 0 saturated carbocycles. The van der Waals surface area contributed by atoms with E-state index in [1.54, 1.807) is 16.0 Å². The number of nitrogens with zero attached hydrogens (tertiary/aromatic N) is 6. The molecular weight excluding hydrogens is 817 g/mol. The molecule has 334 valence electrons. The van der Waals surface area contributed by atoms with Gasteiger partial charge in [0.2, 0.25) is 17.7 Å². The maximum atomic E-state index is 13.8. The van der Waals surface area contributed by atoms with Gasteiger partial charge in [-0.3, -0.25) is 9.59 Å². The van der Waals surface area contributed by atoms with Crippen LogP contribution in [0.1, 0.15) is 82.7 Å². The van der Waals surface area contributed by atoms with E-state index in [9.17, 15) is 19.2 Å². The number of nitrogens with one attached hydrogen (secondary N) is 4. The van der Waals surface area contributed by atoms with Crippen LogP contribution in [-0.4, -0.2) is 103 Å². The second-order valence-corrected chi connectivity index (χ2v) is 17.0. The molecule has 0 unspecified atom stereocenters. The van der Waals surface area contributed by atoms with Gasteiger partial charge < -0.3 is 44.6 Å². The molecule has 17 nitrogen and oxygen atoms in total. The third-order valence-corrected chi connectivity index (χ3v) is 12.0. The minimum absolute atomic E-state index is 0.144. The number of imidazole rings is 2. The van der Waals surface area contributed by atoms with Gasteiger partial charge in [0.1, 0.15) is 30.3 Å². The molecule has 17 heteroatoms. The van der Waals surface area contributed by atoms with Gasteiger partial charge in [0, 0.05) is 24.8 Å². The number of benzene rings is 3. The number of rotatable bonds is 13. The van der Waals surface area contributed by atoms with Crippen LogP contribution in [0.25, 0.3) is 44.6 Å². The number of hydrogen-bond acceptors (Lipinski definition) is 11. The van der Waals surface area contributed by atoms with E-state index in [0.29, 0.717) is 42.0 Å². The van der Waals surface area contributed by atoms with E-state index in [0.717, 1.165) is 64.4 Å². The van der Waals surface area contributed by atoms with E-state index in [1.807, 2.05) is 94.4 Å². The summed E-state index contributed by atoms with van der Waals surface area (Å²) >= 11 is 0. The van der Waals surface area contributed by atoms with Crippen molar-refractivity contribution in [3.05, 3.63) is 90.1 Å². The molecule has 4 amide bonds. The number of carbonyl (C=O) groups is 4. The molecule has 3 aromatic heterocycles. The number of H-pyrrole nitrogens is 2. The second-order valence-electron chi connectivity index (χ2n) is 17.0. The number of fused-ring (bicyclic) bond motifs is 2. The van der Waals surface area contributed by atoms with Crippen molar-refractivity contribution in [2.45, 2.75) is 84.2 Å². The highest BCUT2D eigenvalue weighted by Crippen LogP contribution is 2.37. The quantitative estimate of drug-likeness (QED) is 0.0910. The van der Waals surface area contributed by atoms with Crippen molar-refractivity contribution in [2.75, 3.05) is 27.3 Å². The summed E-state index contributed by atoms with van der Waals surface area (Å²) in [7, 11) is 2.56. The summed E-state index contributed by atoms with van der Waals surface area (Å²) < 4.78 is 16.1. The third kappa shape index (κ3) is 9.05. The maximum Gasteiger partial charge on any atom is 0.407 e. The Bertz CT molecular complexity index is 2660. The Hall–Kier alpha value is -7.04. The Morgan fingerprint density at radius 3 is 1.73 bits per heavy atom.